The highest BCUT2D eigenvalue weighted by atomic mass is 32.2. The Balaban J connectivity index is 2.00. The maximum Gasteiger partial charge on any atom is 0.119 e. The molecule has 4 nitrogen and oxygen atoms in total. The van der Waals surface area contributed by atoms with Gasteiger partial charge in [-0.1, -0.05) is 18.2 Å². The minimum atomic E-state index is -2.40. The molecule has 0 heterocycles. The van der Waals surface area contributed by atoms with Gasteiger partial charge >= 0.3 is 0 Å². The van der Waals surface area contributed by atoms with Crippen molar-refractivity contribution in [2.45, 2.75) is 12.8 Å². The average Bonchev–Trinajstić information content (AvgIpc) is 2.24. The van der Waals surface area contributed by atoms with Crippen molar-refractivity contribution in [3.63, 3.8) is 0 Å². The van der Waals surface area contributed by atoms with Crippen molar-refractivity contribution >= 4 is 11.4 Å². The molecule has 0 aromatic heterocycles. The van der Waals surface area contributed by atoms with Crippen LogP contribution in [-0.2, 0) is 15.5 Å². The molecule has 1 aromatic carbocycles. The van der Waals surface area contributed by atoms with E-state index in [-0.39, 0.29) is 6.61 Å². The molecule has 0 N–H and O–H groups in total. The SMILES string of the molecule is O=S([O-])OCCCCOc1ccccc1. The Bertz CT molecular complexity index is 289. The van der Waals surface area contributed by atoms with Gasteiger partial charge in [0.05, 0.1) is 24.6 Å². The molecule has 1 rings (SSSR count). The fraction of sp³-hybridized carbons (Fsp3) is 0.400. The van der Waals surface area contributed by atoms with Gasteiger partial charge in [0, 0.05) is 0 Å². The van der Waals surface area contributed by atoms with E-state index in [0.29, 0.717) is 13.0 Å². The van der Waals surface area contributed by atoms with Gasteiger partial charge < -0.3 is 13.5 Å². The molecular weight excluding hydrogens is 216 g/mol. The van der Waals surface area contributed by atoms with Gasteiger partial charge in [0.2, 0.25) is 0 Å². The molecule has 15 heavy (non-hydrogen) atoms. The molecule has 0 amide bonds. The second-order valence-electron chi connectivity index (χ2n) is 2.89. The largest absolute Gasteiger partial charge is 0.750 e. The fourth-order valence-corrected chi connectivity index (χ4v) is 1.29. The number of rotatable bonds is 7. The molecule has 0 radical (unpaired) electrons. The topological polar surface area (TPSA) is 58.6 Å². The molecule has 1 aromatic rings. The molecule has 0 aliphatic carbocycles. The van der Waals surface area contributed by atoms with Gasteiger partial charge in [0.15, 0.2) is 0 Å². The molecule has 1 atom stereocenters. The first-order valence-electron chi connectivity index (χ1n) is 4.69. The first kappa shape index (κ1) is 12.2. The zero-order valence-corrected chi connectivity index (χ0v) is 9.07. The van der Waals surface area contributed by atoms with Crippen molar-refractivity contribution < 1.29 is 17.7 Å². The number of ether oxygens (including phenoxy) is 1. The van der Waals surface area contributed by atoms with Crippen molar-refractivity contribution in [2.24, 2.45) is 0 Å². The van der Waals surface area contributed by atoms with Crippen LogP contribution in [0.1, 0.15) is 12.8 Å². The third kappa shape index (κ3) is 6.22. The summed E-state index contributed by atoms with van der Waals surface area (Å²) in [5, 5.41) is 0. The Labute approximate surface area is 91.7 Å². The maximum atomic E-state index is 10.0. The minimum Gasteiger partial charge on any atom is -0.750 e. The zero-order valence-electron chi connectivity index (χ0n) is 8.26. The quantitative estimate of drug-likeness (QED) is 0.527. The highest BCUT2D eigenvalue weighted by Gasteiger charge is 1.92. The number of unbranched alkanes of at least 4 members (excludes halogenated alkanes) is 1. The lowest BCUT2D eigenvalue weighted by molar-refractivity contribution is 0.262. The lowest BCUT2D eigenvalue weighted by Crippen LogP contribution is -2.02. The first-order chi connectivity index (χ1) is 7.29. The Morgan fingerprint density at radius 2 is 1.80 bits per heavy atom. The number of hydrogen-bond acceptors (Lipinski definition) is 4. The van der Waals surface area contributed by atoms with Crippen molar-refractivity contribution in [1.82, 2.24) is 0 Å². The van der Waals surface area contributed by atoms with E-state index >= 15 is 0 Å². The summed E-state index contributed by atoms with van der Waals surface area (Å²) in [6.07, 6.45) is 1.44. The molecule has 5 heteroatoms. The Kier molecular flexibility index (Phi) is 5.99. The van der Waals surface area contributed by atoms with Gasteiger partial charge in [-0.2, -0.15) is 0 Å². The summed E-state index contributed by atoms with van der Waals surface area (Å²) >= 11 is -2.40. The molecule has 1 unspecified atom stereocenters. The third-order valence-corrected chi connectivity index (χ3v) is 2.09. The molecule has 0 fully saturated rings. The van der Waals surface area contributed by atoms with Crippen LogP contribution in [-0.4, -0.2) is 22.0 Å². The van der Waals surface area contributed by atoms with E-state index < -0.39 is 11.4 Å². The highest BCUT2D eigenvalue weighted by Crippen LogP contribution is 2.08. The summed E-state index contributed by atoms with van der Waals surface area (Å²) < 4.78 is 29.8. The number of benzene rings is 1. The average molecular weight is 229 g/mol. The predicted molar refractivity (Wildman–Crippen MR) is 56.0 cm³/mol. The van der Waals surface area contributed by atoms with Crippen LogP contribution in [0.4, 0.5) is 0 Å². The van der Waals surface area contributed by atoms with Crippen LogP contribution in [0.5, 0.6) is 5.75 Å². The van der Waals surface area contributed by atoms with Gasteiger partial charge in [0.1, 0.15) is 5.75 Å². The lowest BCUT2D eigenvalue weighted by Gasteiger charge is -2.07. The highest BCUT2D eigenvalue weighted by molar-refractivity contribution is 7.74. The lowest BCUT2D eigenvalue weighted by atomic mass is 10.3. The number of hydrogen-bond donors (Lipinski definition) is 0. The van der Waals surface area contributed by atoms with Gasteiger partial charge in [-0.15, -0.1) is 0 Å². The summed E-state index contributed by atoms with van der Waals surface area (Å²) in [7, 11) is 0. The Hall–Kier alpha value is -0.910. The second-order valence-corrected chi connectivity index (χ2v) is 3.54. The third-order valence-electron chi connectivity index (χ3n) is 1.73. The van der Waals surface area contributed by atoms with Crippen LogP contribution >= 0.6 is 0 Å². The van der Waals surface area contributed by atoms with Crippen LogP contribution in [0.25, 0.3) is 0 Å². The number of para-hydroxylation sites is 1. The molecule has 0 aliphatic heterocycles. The molecular formula is C10H13O4S-. The Morgan fingerprint density at radius 1 is 1.13 bits per heavy atom. The zero-order chi connectivity index (χ0) is 10.9. The monoisotopic (exact) mass is 229 g/mol. The van der Waals surface area contributed by atoms with E-state index in [4.69, 9.17) is 4.74 Å². The predicted octanol–water partition coefficient (Wildman–Crippen LogP) is 1.66. The summed E-state index contributed by atoms with van der Waals surface area (Å²) in [5.41, 5.74) is 0. The van der Waals surface area contributed by atoms with Gasteiger partial charge in [-0.05, 0) is 25.0 Å². The normalized spacial score (nSPS) is 12.3. The van der Waals surface area contributed by atoms with Crippen molar-refractivity contribution in [3.05, 3.63) is 30.3 Å². The van der Waals surface area contributed by atoms with E-state index in [1.54, 1.807) is 0 Å². The summed E-state index contributed by atoms with van der Waals surface area (Å²) in [6.45, 7) is 0.785. The molecule has 0 saturated heterocycles. The van der Waals surface area contributed by atoms with E-state index in [1.807, 2.05) is 30.3 Å². The summed E-state index contributed by atoms with van der Waals surface area (Å²) in [5.74, 6) is 0.825. The minimum absolute atomic E-state index is 0.217. The molecule has 0 bridgehead atoms. The van der Waals surface area contributed by atoms with E-state index in [9.17, 15) is 8.76 Å². The van der Waals surface area contributed by atoms with Gasteiger partial charge in [-0.25, -0.2) is 4.21 Å². The van der Waals surface area contributed by atoms with E-state index in [2.05, 4.69) is 4.18 Å². The van der Waals surface area contributed by atoms with Crippen LogP contribution < -0.4 is 4.74 Å². The van der Waals surface area contributed by atoms with E-state index in [0.717, 1.165) is 12.2 Å². The Morgan fingerprint density at radius 3 is 2.47 bits per heavy atom. The summed E-state index contributed by atoms with van der Waals surface area (Å²) in [4.78, 5) is 0. The van der Waals surface area contributed by atoms with Crippen LogP contribution in [0.2, 0.25) is 0 Å². The van der Waals surface area contributed by atoms with Gasteiger partial charge in [0.25, 0.3) is 0 Å². The molecule has 0 saturated carbocycles. The molecule has 84 valence electrons. The molecule has 0 spiro atoms. The second kappa shape index (κ2) is 7.39. The molecule has 0 aliphatic rings. The van der Waals surface area contributed by atoms with Crippen LogP contribution in [0.15, 0.2) is 30.3 Å². The van der Waals surface area contributed by atoms with Crippen molar-refractivity contribution in [2.75, 3.05) is 13.2 Å². The van der Waals surface area contributed by atoms with Crippen molar-refractivity contribution in [1.29, 1.82) is 0 Å². The van der Waals surface area contributed by atoms with Crippen molar-refractivity contribution in [3.8, 4) is 5.75 Å². The fourth-order valence-electron chi connectivity index (χ4n) is 1.04. The standard InChI is InChI=1S/C10H14O4S/c11-15(12)14-9-5-4-8-13-10-6-2-1-3-7-10/h1-3,6-7H,4-5,8-9H2,(H,11,12)/p-1. The maximum absolute atomic E-state index is 10.0. The van der Waals surface area contributed by atoms with Gasteiger partial charge in [-0.3, -0.25) is 0 Å². The van der Waals surface area contributed by atoms with E-state index in [1.165, 1.54) is 0 Å². The van der Waals surface area contributed by atoms with Crippen LogP contribution in [0.3, 0.4) is 0 Å². The first-order valence-corrected chi connectivity index (χ1v) is 5.69. The summed E-state index contributed by atoms with van der Waals surface area (Å²) in [6, 6.07) is 9.48. The smallest absolute Gasteiger partial charge is 0.119 e. The van der Waals surface area contributed by atoms with Crippen LogP contribution in [0, 0.1) is 0 Å².